The molecule has 0 aliphatic rings. The van der Waals surface area contributed by atoms with Gasteiger partial charge in [-0.15, -0.1) is 0 Å². The monoisotopic (exact) mass is 247 g/mol. The number of carbonyl (C=O) groups is 1. The Hall–Kier alpha value is -1.61. The van der Waals surface area contributed by atoms with Crippen molar-refractivity contribution in [1.82, 2.24) is 5.32 Å². The first-order chi connectivity index (χ1) is 8.67. The molecule has 18 heavy (non-hydrogen) atoms. The van der Waals surface area contributed by atoms with Gasteiger partial charge in [-0.3, -0.25) is 4.79 Å². The van der Waals surface area contributed by atoms with Crippen molar-refractivity contribution in [3.8, 4) is 0 Å². The Morgan fingerprint density at radius 2 is 2.06 bits per heavy atom. The molecule has 0 saturated heterocycles. The Morgan fingerprint density at radius 3 is 2.61 bits per heavy atom. The summed E-state index contributed by atoms with van der Waals surface area (Å²) in [6.45, 7) is 1.95. The summed E-state index contributed by atoms with van der Waals surface area (Å²) in [5, 5.41) is 12.5. The van der Waals surface area contributed by atoms with Crippen LogP contribution in [0.5, 0.6) is 0 Å². The molecule has 0 aliphatic heterocycles. The third-order valence-electron chi connectivity index (χ3n) is 2.90. The number of benzene rings is 1. The molecule has 1 atom stereocenters. The summed E-state index contributed by atoms with van der Waals surface area (Å²) in [6, 6.07) is 9.18. The first kappa shape index (κ1) is 14.5. The fourth-order valence-electron chi connectivity index (χ4n) is 1.64. The maximum absolute atomic E-state index is 11.9. The highest BCUT2D eigenvalue weighted by Gasteiger charge is 2.06. The average Bonchev–Trinajstić information content (AvgIpc) is 2.43. The van der Waals surface area contributed by atoms with Crippen molar-refractivity contribution in [1.29, 1.82) is 0 Å². The summed E-state index contributed by atoms with van der Waals surface area (Å²) in [4.78, 5) is 11.9. The van der Waals surface area contributed by atoms with Crippen LogP contribution in [-0.4, -0.2) is 24.0 Å². The van der Waals surface area contributed by atoms with Crippen LogP contribution in [0.4, 0.5) is 0 Å². The third kappa shape index (κ3) is 4.72. The van der Waals surface area contributed by atoms with Crippen LogP contribution in [0.15, 0.2) is 42.1 Å². The molecule has 0 bridgehead atoms. The van der Waals surface area contributed by atoms with Crippen molar-refractivity contribution >= 4 is 5.78 Å². The van der Waals surface area contributed by atoms with Gasteiger partial charge in [-0.05, 0) is 19.3 Å². The van der Waals surface area contributed by atoms with E-state index in [1.165, 1.54) is 0 Å². The number of ketones is 1. The van der Waals surface area contributed by atoms with Gasteiger partial charge in [0.05, 0.1) is 6.10 Å². The Bertz CT molecular complexity index is 398. The van der Waals surface area contributed by atoms with E-state index in [0.717, 1.165) is 12.1 Å². The Kier molecular flexibility index (Phi) is 6.15. The van der Waals surface area contributed by atoms with Crippen LogP contribution in [0.2, 0.25) is 0 Å². The van der Waals surface area contributed by atoms with Crippen molar-refractivity contribution in [3.63, 3.8) is 0 Å². The smallest absolute Gasteiger partial charge is 0.187 e. The van der Waals surface area contributed by atoms with E-state index >= 15 is 0 Å². The van der Waals surface area contributed by atoms with Crippen molar-refractivity contribution in [2.24, 2.45) is 0 Å². The Labute approximate surface area is 109 Å². The average molecular weight is 247 g/mol. The minimum atomic E-state index is -0.298. The van der Waals surface area contributed by atoms with Gasteiger partial charge in [0.2, 0.25) is 0 Å². The lowest BCUT2D eigenvalue weighted by atomic mass is 10.1. The molecule has 0 radical (unpaired) electrons. The SMILES string of the molecule is CCC(O)CC/C(=C/C(=O)c1ccccc1)NC. The van der Waals surface area contributed by atoms with Gasteiger partial charge in [0.1, 0.15) is 0 Å². The molecular formula is C15H21NO2. The number of allylic oxidation sites excluding steroid dienone is 2. The van der Waals surface area contributed by atoms with Crippen molar-refractivity contribution in [2.45, 2.75) is 32.3 Å². The topological polar surface area (TPSA) is 49.3 Å². The van der Waals surface area contributed by atoms with Crippen LogP contribution < -0.4 is 5.32 Å². The summed E-state index contributed by atoms with van der Waals surface area (Å²) in [7, 11) is 1.79. The van der Waals surface area contributed by atoms with Crippen LogP contribution in [0.25, 0.3) is 0 Å². The van der Waals surface area contributed by atoms with Gasteiger partial charge in [-0.1, -0.05) is 37.3 Å². The van der Waals surface area contributed by atoms with Crippen molar-refractivity contribution in [2.75, 3.05) is 7.05 Å². The van der Waals surface area contributed by atoms with E-state index in [0.29, 0.717) is 18.4 Å². The van der Waals surface area contributed by atoms with E-state index in [-0.39, 0.29) is 11.9 Å². The molecule has 0 amide bonds. The molecule has 0 fully saturated rings. The zero-order valence-corrected chi connectivity index (χ0v) is 11.0. The molecular weight excluding hydrogens is 226 g/mol. The molecule has 2 N–H and O–H groups in total. The number of hydrogen-bond donors (Lipinski definition) is 2. The van der Waals surface area contributed by atoms with Gasteiger partial charge >= 0.3 is 0 Å². The molecule has 0 aromatic heterocycles. The molecule has 3 nitrogen and oxygen atoms in total. The van der Waals surface area contributed by atoms with Gasteiger partial charge in [-0.2, -0.15) is 0 Å². The van der Waals surface area contributed by atoms with Crippen molar-refractivity contribution in [3.05, 3.63) is 47.7 Å². The predicted octanol–water partition coefficient (Wildman–Crippen LogP) is 2.52. The van der Waals surface area contributed by atoms with E-state index in [4.69, 9.17) is 0 Å². The maximum atomic E-state index is 11.9. The number of carbonyl (C=O) groups excluding carboxylic acids is 1. The fourth-order valence-corrected chi connectivity index (χ4v) is 1.64. The summed E-state index contributed by atoms with van der Waals surface area (Å²) in [5.74, 6) is -0.00839. The normalized spacial score (nSPS) is 13.2. The minimum Gasteiger partial charge on any atom is -0.393 e. The van der Waals surface area contributed by atoms with Gasteiger partial charge < -0.3 is 10.4 Å². The zero-order valence-electron chi connectivity index (χ0n) is 11.0. The zero-order chi connectivity index (χ0) is 13.4. The molecule has 98 valence electrons. The number of aliphatic hydroxyl groups is 1. The largest absolute Gasteiger partial charge is 0.393 e. The molecule has 0 spiro atoms. The molecule has 1 aromatic carbocycles. The lowest BCUT2D eigenvalue weighted by Crippen LogP contribution is -2.12. The van der Waals surface area contributed by atoms with Gasteiger partial charge in [0.25, 0.3) is 0 Å². The lowest BCUT2D eigenvalue weighted by Gasteiger charge is -2.10. The highest BCUT2D eigenvalue weighted by atomic mass is 16.3. The molecule has 1 aromatic rings. The second-order valence-corrected chi connectivity index (χ2v) is 4.25. The number of nitrogens with one attached hydrogen (secondary N) is 1. The Balaban J connectivity index is 2.64. The first-order valence-corrected chi connectivity index (χ1v) is 6.33. The molecule has 0 aliphatic carbocycles. The summed E-state index contributed by atoms with van der Waals surface area (Å²) >= 11 is 0. The highest BCUT2D eigenvalue weighted by Crippen LogP contribution is 2.09. The van der Waals surface area contributed by atoms with Crippen LogP contribution >= 0.6 is 0 Å². The number of hydrogen-bond acceptors (Lipinski definition) is 3. The second kappa shape index (κ2) is 7.67. The third-order valence-corrected chi connectivity index (χ3v) is 2.90. The number of aliphatic hydroxyl groups excluding tert-OH is 1. The molecule has 0 saturated carbocycles. The van der Waals surface area contributed by atoms with E-state index in [1.807, 2.05) is 25.1 Å². The number of rotatable bonds is 7. The first-order valence-electron chi connectivity index (χ1n) is 6.33. The van der Waals surface area contributed by atoms with Crippen molar-refractivity contribution < 1.29 is 9.90 Å². The van der Waals surface area contributed by atoms with Crippen LogP contribution in [0, 0.1) is 0 Å². The second-order valence-electron chi connectivity index (χ2n) is 4.25. The summed E-state index contributed by atoms with van der Waals surface area (Å²) < 4.78 is 0. The maximum Gasteiger partial charge on any atom is 0.187 e. The van der Waals surface area contributed by atoms with Crippen LogP contribution in [0.1, 0.15) is 36.5 Å². The van der Waals surface area contributed by atoms with E-state index in [2.05, 4.69) is 5.32 Å². The quantitative estimate of drug-likeness (QED) is 0.575. The van der Waals surface area contributed by atoms with Crippen LogP contribution in [0.3, 0.4) is 0 Å². The van der Waals surface area contributed by atoms with E-state index < -0.39 is 0 Å². The van der Waals surface area contributed by atoms with Gasteiger partial charge in [-0.25, -0.2) is 0 Å². The Morgan fingerprint density at radius 1 is 1.39 bits per heavy atom. The molecule has 3 heteroatoms. The van der Waals surface area contributed by atoms with E-state index in [1.54, 1.807) is 25.3 Å². The van der Waals surface area contributed by atoms with Gasteiger partial charge in [0.15, 0.2) is 5.78 Å². The van der Waals surface area contributed by atoms with Crippen LogP contribution in [-0.2, 0) is 0 Å². The fraction of sp³-hybridized carbons (Fsp3) is 0.400. The van der Waals surface area contributed by atoms with E-state index in [9.17, 15) is 9.90 Å². The molecule has 1 rings (SSSR count). The molecule has 1 unspecified atom stereocenters. The minimum absolute atomic E-state index is 0.00839. The summed E-state index contributed by atoms with van der Waals surface area (Å²) in [6.07, 6.45) is 3.41. The van der Waals surface area contributed by atoms with Gasteiger partial charge in [0, 0.05) is 24.4 Å². The summed E-state index contributed by atoms with van der Waals surface area (Å²) in [5.41, 5.74) is 1.54. The highest BCUT2D eigenvalue weighted by molar-refractivity contribution is 6.04. The predicted molar refractivity (Wildman–Crippen MR) is 73.4 cm³/mol. The lowest BCUT2D eigenvalue weighted by molar-refractivity contribution is 0.104. The molecule has 0 heterocycles. The standard InChI is InChI=1S/C15H21NO2/c1-3-14(17)10-9-13(16-2)11-15(18)12-7-5-4-6-8-12/h4-8,11,14,16-17H,3,9-10H2,1-2H3/b13-11-.